The molecule has 0 aromatic heterocycles. The van der Waals surface area contributed by atoms with E-state index in [4.69, 9.17) is 14.2 Å². The predicted molar refractivity (Wildman–Crippen MR) is 171 cm³/mol. The fraction of sp³-hybridized carbons (Fsp3) is 0.794. The second-order valence-electron chi connectivity index (χ2n) is 11.5. The Morgan fingerprint density at radius 2 is 1.19 bits per heavy atom. The van der Waals surface area contributed by atoms with Crippen molar-refractivity contribution in [3.63, 3.8) is 0 Å². The molecule has 244 valence electrons. The highest BCUT2D eigenvalue weighted by atomic mass is 32.2. The van der Waals surface area contributed by atoms with Crippen molar-refractivity contribution in [2.75, 3.05) is 19.8 Å². The summed E-state index contributed by atoms with van der Waals surface area (Å²) in [4.78, 5) is 12.5. The molecule has 0 bridgehead atoms. The average molecular weight is 613 g/mol. The largest absolute Gasteiger partial charge is 0.465 e. The lowest BCUT2D eigenvalue weighted by molar-refractivity contribution is -0.157. The van der Waals surface area contributed by atoms with E-state index in [0.717, 1.165) is 19.3 Å². The van der Waals surface area contributed by atoms with Crippen LogP contribution in [-0.4, -0.2) is 45.1 Å². The number of rotatable bonds is 28. The highest BCUT2D eigenvalue weighted by Gasteiger charge is 2.31. The van der Waals surface area contributed by atoms with Crippen LogP contribution in [0.4, 0.5) is 0 Å². The van der Waals surface area contributed by atoms with Crippen LogP contribution < -0.4 is 0 Å². The van der Waals surface area contributed by atoms with E-state index in [1.165, 1.54) is 77.0 Å². The predicted octanol–water partition coefficient (Wildman–Crippen LogP) is 9.22. The smallest absolute Gasteiger partial charge is 0.305 e. The number of esters is 1. The monoisotopic (exact) mass is 612 g/mol. The lowest BCUT2D eigenvalue weighted by atomic mass is 9.96. The van der Waals surface area contributed by atoms with E-state index >= 15 is 0 Å². The van der Waals surface area contributed by atoms with Crippen LogP contribution in [0.2, 0.25) is 0 Å². The summed E-state index contributed by atoms with van der Waals surface area (Å²) in [6.45, 7) is 6.92. The van der Waals surface area contributed by atoms with Gasteiger partial charge in [0.2, 0.25) is 0 Å². The number of hydrogen-bond acceptors (Lipinski definition) is 6. The van der Waals surface area contributed by atoms with Gasteiger partial charge in [0, 0.05) is 26.1 Å². The van der Waals surface area contributed by atoms with Gasteiger partial charge in [-0.25, -0.2) is 0 Å². The quantitative estimate of drug-likeness (QED) is 0.0436. The number of benzene rings is 1. The zero-order valence-electron chi connectivity index (χ0n) is 26.8. The fourth-order valence-corrected chi connectivity index (χ4v) is 6.40. The maximum Gasteiger partial charge on any atom is 0.305 e. The van der Waals surface area contributed by atoms with Crippen molar-refractivity contribution >= 4 is 16.1 Å². The maximum atomic E-state index is 12.5. The SMILES string of the molecule is CCCCCCCCCCCCCCCCCC(=O)OC[C@@H](CC(OCC)OCC)CC(c1ccccc1)S(=O)(=O)O. The van der Waals surface area contributed by atoms with Crippen LogP contribution in [0.3, 0.4) is 0 Å². The van der Waals surface area contributed by atoms with Gasteiger partial charge in [0.25, 0.3) is 10.1 Å². The second-order valence-corrected chi connectivity index (χ2v) is 13.1. The first-order chi connectivity index (χ1) is 20.3. The van der Waals surface area contributed by atoms with Gasteiger partial charge in [-0.3, -0.25) is 9.35 Å². The molecule has 8 heteroatoms. The van der Waals surface area contributed by atoms with Gasteiger partial charge in [-0.15, -0.1) is 0 Å². The third-order valence-electron chi connectivity index (χ3n) is 7.77. The normalized spacial score (nSPS) is 13.4. The van der Waals surface area contributed by atoms with Crippen LogP contribution in [-0.2, 0) is 29.1 Å². The first-order valence-electron chi connectivity index (χ1n) is 16.7. The maximum absolute atomic E-state index is 12.5. The topological polar surface area (TPSA) is 99.1 Å². The van der Waals surface area contributed by atoms with Gasteiger partial charge in [-0.05, 0) is 38.2 Å². The van der Waals surface area contributed by atoms with Gasteiger partial charge < -0.3 is 14.2 Å². The Morgan fingerprint density at radius 3 is 1.64 bits per heavy atom. The zero-order valence-corrected chi connectivity index (χ0v) is 27.6. The van der Waals surface area contributed by atoms with Crippen LogP contribution in [0, 0.1) is 5.92 Å². The highest BCUT2D eigenvalue weighted by molar-refractivity contribution is 7.86. The molecule has 1 N–H and O–H groups in total. The fourth-order valence-electron chi connectivity index (χ4n) is 5.38. The Labute approximate surface area is 257 Å². The molecule has 0 aliphatic carbocycles. The summed E-state index contributed by atoms with van der Waals surface area (Å²) < 4.78 is 51.6. The molecule has 0 aliphatic rings. The number of carbonyl (C=O) groups excluding carboxylic acids is 1. The Morgan fingerprint density at radius 1 is 0.714 bits per heavy atom. The summed E-state index contributed by atoms with van der Waals surface area (Å²) in [5.74, 6) is -0.646. The van der Waals surface area contributed by atoms with Crippen molar-refractivity contribution in [3.05, 3.63) is 35.9 Å². The first-order valence-corrected chi connectivity index (χ1v) is 18.2. The van der Waals surface area contributed by atoms with Crippen LogP contribution in [0.5, 0.6) is 0 Å². The summed E-state index contributed by atoms with van der Waals surface area (Å²) in [7, 11) is -4.37. The first kappa shape index (κ1) is 38.5. The molecule has 0 fully saturated rings. The van der Waals surface area contributed by atoms with Gasteiger partial charge in [-0.2, -0.15) is 8.42 Å². The van der Waals surface area contributed by atoms with Gasteiger partial charge >= 0.3 is 5.97 Å². The lowest BCUT2D eigenvalue weighted by Gasteiger charge is -2.26. The molecule has 1 rings (SSSR count). The van der Waals surface area contributed by atoms with Crippen molar-refractivity contribution in [2.45, 2.75) is 148 Å². The minimum absolute atomic E-state index is 0.0487. The zero-order chi connectivity index (χ0) is 30.9. The van der Waals surface area contributed by atoms with E-state index in [1.54, 1.807) is 30.3 Å². The number of ether oxygens (including phenoxy) is 3. The van der Waals surface area contributed by atoms with Crippen molar-refractivity contribution in [3.8, 4) is 0 Å². The van der Waals surface area contributed by atoms with Crippen LogP contribution in [0.15, 0.2) is 30.3 Å². The molecular weight excluding hydrogens is 552 g/mol. The Balaban J connectivity index is 2.38. The van der Waals surface area contributed by atoms with Crippen LogP contribution in [0.25, 0.3) is 0 Å². The minimum atomic E-state index is -4.37. The molecule has 0 saturated heterocycles. The van der Waals surface area contributed by atoms with E-state index in [-0.39, 0.29) is 24.9 Å². The molecule has 1 aromatic rings. The Hall–Kier alpha value is -1.48. The summed E-state index contributed by atoms with van der Waals surface area (Å²) in [5.41, 5.74) is 0.499. The highest BCUT2D eigenvalue weighted by Crippen LogP contribution is 2.31. The molecule has 0 heterocycles. The third kappa shape index (κ3) is 19.7. The molecule has 0 saturated carbocycles. The summed E-state index contributed by atoms with van der Waals surface area (Å²) in [6.07, 6.45) is 19.3. The van der Waals surface area contributed by atoms with Crippen LogP contribution >= 0.6 is 0 Å². The number of unbranched alkanes of at least 4 members (excludes halogenated alkanes) is 14. The molecule has 0 aliphatic heterocycles. The molecule has 42 heavy (non-hydrogen) atoms. The molecule has 1 aromatic carbocycles. The minimum Gasteiger partial charge on any atom is -0.465 e. The van der Waals surface area contributed by atoms with Gasteiger partial charge in [0.15, 0.2) is 6.29 Å². The molecule has 0 amide bonds. The summed E-state index contributed by atoms with van der Waals surface area (Å²) in [6, 6.07) is 8.63. The van der Waals surface area contributed by atoms with Crippen molar-refractivity contribution < 1.29 is 32.0 Å². The van der Waals surface area contributed by atoms with Crippen molar-refractivity contribution in [1.82, 2.24) is 0 Å². The van der Waals surface area contributed by atoms with E-state index in [9.17, 15) is 17.8 Å². The van der Waals surface area contributed by atoms with E-state index in [0.29, 0.717) is 31.6 Å². The molecule has 0 spiro atoms. The summed E-state index contributed by atoms with van der Waals surface area (Å²) >= 11 is 0. The van der Waals surface area contributed by atoms with Crippen LogP contribution in [0.1, 0.15) is 147 Å². The van der Waals surface area contributed by atoms with Gasteiger partial charge in [0.1, 0.15) is 5.25 Å². The Bertz CT molecular complexity index is 869. The summed E-state index contributed by atoms with van der Waals surface area (Å²) in [5, 5.41) is -1.12. The van der Waals surface area contributed by atoms with Gasteiger partial charge in [0.05, 0.1) is 6.61 Å². The number of hydrogen-bond donors (Lipinski definition) is 1. The molecule has 2 atom stereocenters. The average Bonchev–Trinajstić information content (AvgIpc) is 2.96. The molecule has 0 radical (unpaired) electrons. The molecular formula is C34H60O7S. The Kier molecular flexibility index (Phi) is 22.9. The number of carbonyl (C=O) groups is 1. The van der Waals surface area contributed by atoms with E-state index in [2.05, 4.69) is 6.92 Å². The third-order valence-corrected chi connectivity index (χ3v) is 8.96. The van der Waals surface area contributed by atoms with Crippen molar-refractivity contribution in [2.24, 2.45) is 5.92 Å². The van der Waals surface area contributed by atoms with E-state index in [1.807, 2.05) is 13.8 Å². The lowest BCUT2D eigenvalue weighted by Crippen LogP contribution is -2.27. The standard InChI is InChI=1S/C34H60O7S/c1-4-7-8-9-10-11-12-13-14-15-16-17-18-19-23-26-33(35)41-29-30(28-34(39-5-2)40-6-3)27-32(42(36,37)38)31-24-21-20-22-25-31/h20-22,24-25,30,32,34H,4-19,23,26-29H2,1-3H3,(H,36,37,38)/t30-,32?/m1/s1. The second kappa shape index (κ2) is 24.9. The van der Waals surface area contributed by atoms with E-state index < -0.39 is 21.7 Å². The van der Waals surface area contributed by atoms with Crippen molar-refractivity contribution in [1.29, 1.82) is 0 Å². The molecule has 7 nitrogen and oxygen atoms in total. The molecule has 1 unspecified atom stereocenters. The van der Waals surface area contributed by atoms with Gasteiger partial charge in [-0.1, -0.05) is 127 Å².